The van der Waals surface area contributed by atoms with Crippen LogP contribution in [0.2, 0.25) is 13.1 Å². The fourth-order valence-electron chi connectivity index (χ4n) is 4.23. The first kappa shape index (κ1) is 22.2. The molecular weight excluding hydrogens is 423 g/mol. The highest BCUT2D eigenvalue weighted by atomic mass is 29.3. The topological polar surface area (TPSA) is 54.0 Å². The van der Waals surface area contributed by atoms with Crippen molar-refractivity contribution >= 4 is 48.0 Å². The van der Waals surface area contributed by atoms with E-state index in [1.54, 1.807) is 0 Å². The van der Waals surface area contributed by atoms with Crippen molar-refractivity contribution in [2.75, 3.05) is 19.8 Å². The van der Waals surface area contributed by atoms with E-state index in [4.69, 9.17) is 17.1 Å². The summed E-state index contributed by atoms with van der Waals surface area (Å²) in [4.78, 5) is 13.3. The number of amides is 1. The molecule has 1 aromatic rings. The van der Waals surface area contributed by atoms with Gasteiger partial charge in [0.2, 0.25) is 8.56 Å². The smallest absolute Gasteiger partial charge is 0.411 e. The Labute approximate surface area is 175 Å². The summed E-state index contributed by atoms with van der Waals surface area (Å²) in [7, 11) is -3.99. The van der Waals surface area contributed by atoms with Crippen molar-refractivity contribution in [1.82, 2.24) is 4.48 Å². The molecule has 0 saturated carbocycles. The predicted molar refractivity (Wildman–Crippen MR) is 116 cm³/mol. The Morgan fingerprint density at radius 3 is 2.75 bits per heavy atom. The molecule has 152 valence electrons. The minimum absolute atomic E-state index is 0.00615. The van der Waals surface area contributed by atoms with Crippen LogP contribution in [0, 0.1) is 0 Å². The Morgan fingerprint density at radius 2 is 2.07 bits per heavy atom. The molecule has 4 radical (unpaired) electrons. The van der Waals surface area contributed by atoms with Gasteiger partial charge >= 0.3 is 25.9 Å². The molecule has 2 aliphatic rings. The fourth-order valence-corrected chi connectivity index (χ4v) is 15.9. The number of nitrogens with zero attached hydrogens (tertiary/aromatic N) is 1. The molecule has 0 spiro atoms. The first-order valence-electron chi connectivity index (χ1n) is 10.0. The molecule has 0 bridgehead atoms. The van der Waals surface area contributed by atoms with E-state index >= 15 is 0 Å². The van der Waals surface area contributed by atoms with Gasteiger partial charge in [-0.25, -0.2) is 9.28 Å². The van der Waals surface area contributed by atoms with E-state index in [0.717, 1.165) is 38.1 Å². The van der Waals surface area contributed by atoms with E-state index in [9.17, 15) is 4.79 Å². The number of carbonyl (C=O) groups is 1. The second-order valence-corrected chi connectivity index (χ2v) is 19.3. The molecular formula is C18H30NO5Si4+. The molecule has 1 aromatic carbocycles. The minimum atomic E-state index is -2.30. The molecule has 2 aliphatic heterocycles. The SMILES string of the molecule is CCC(=O)[N+]1(c2ccccc2)CCC1[Si]1(C)OCCCCO[SiH]O[Si]O[Si]1C. The third-order valence-corrected chi connectivity index (χ3v) is 19.5. The maximum absolute atomic E-state index is 13.3. The highest BCUT2D eigenvalue weighted by Crippen LogP contribution is 2.42. The summed E-state index contributed by atoms with van der Waals surface area (Å²) in [5, 5.41) is 0. The lowest BCUT2D eigenvalue weighted by Gasteiger charge is -2.55. The van der Waals surface area contributed by atoms with Crippen LogP contribution >= 0.6 is 0 Å². The Kier molecular flexibility index (Phi) is 7.98. The van der Waals surface area contributed by atoms with E-state index in [-0.39, 0.29) is 21.6 Å². The van der Waals surface area contributed by atoms with Crippen LogP contribution in [0.4, 0.5) is 5.69 Å². The fraction of sp³-hybridized carbons (Fsp3) is 0.611. The highest BCUT2D eigenvalue weighted by Gasteiger charge is 2.65. The van der Waals surface area contributed by atoms with Crippen molar-refractivity contribution in [1.29, 1.82) is 0 Å². The van der Waals surface area contributed by atoms with Gasteiger partial charge in [0.15, 0.2) is 0 Å². The van der Waals surface area contributed by atoms with Crippen molar-refractivity contribution in [3.8, 4) is 0 Å². The van der Waals surface area contributed by atoms with Gasteiger partial charge < -0.3 is 17.1 Å². The Hall–Kier alpha value is -0.442. The zero-order valence-corrected chi connectivity index (χ0v) is 21.1. The summed E-state index contributed by atoms with van der Waals surface area (Å²) < 4.78 is 24.4. The van der Waals surface area contributed by atoms with Crippen LogP contribution in [-0.2, 0) is 21.9 Å². The maximum Gasteiger partial charge on any atom is 0.411 e. The van der Waals surface area contributed by atoms with Crippen LogP contribution in [0.5, 0.6) is 0 Å². The first-order chi connectivity index (χ1) is 13.6. The normalized spacial score (nSPS) is 33.3. The number of carbonyl (C=O) groups excluding carboxylic acids is 1. The number of likely N-dealkylation sites (tertiary alicyclic amines) is 1. The second kappa shape index (κ2) is 10.0. The number of rotatable bonds is 3. The second-order valence-electron chi connectivity index (χ2n) is 7.47. The van der Waals surface area contributed by atoms with Gasteiger partial charge in [-0.1, -0.05) is 25.1 Å². The zero-order valence-electron chi connectivity index (χ0n) is 17.0. The largest absolute Gasteiger partial charge is 0.434 e. The van der Waals surface area contributed by atoms with Crippen molar-refractivity contribution in [2.24, 2.45) is 0 Å². The summed E-state index contributed by atoms with van der Waals surface area (Å²) in [6, 6.07) is 10.3. The molecule has 2 heterocycles. The summed E-state index contributed by atoms with van der Waals surface area (Å²) in [6.45, 7) is 8.76. The number of hydrogen-bond acceptors (Lipinski definition) is 5. The van der Waals surface area contributed by atoms with Gasteiger partial charge in [0.25, 0.3) is 7.83 Å². The molecule has 6 nitrogen and oxygen atoms in total. The van der Waals surface area contributed by atoms with E-state index < -0.39 is 26.4 Å². The van der Waals surface area contributed by atoms with Crippen molar-refractivity contribution in [3.63, 3.8) is 0 Å². The molecule has 10 heteroatoms. The molecule has 3 unspecified atom stereocenters. The molecule has 3 rings (SSSR count). The average molecular weight is 453 g/mol. The quantitative estimate of drug-likeness (QED) is 0.520. The Morgan fingerprint density at radius 1 is 1.32 bits per heavy atom. The third kappa shape index (κ3) is 4.35. The first-order valence-corrected chi connectivity index (χ1v) is 17.2. The van der Waals surface area contributed by atoms with Crippen molar-refractivity contribution in [2.45, 2.75) is 51.4 Å². The van der Waals surface area contributed by atoms with Crippen LogP contribution in [0.25, 0.3) is 0 Å². The van der Waals surface area contributed by atoms with Gasteiger partial charge in [-0.3, -0.25) is 0 Å². The molecule has 0 aliphatic carbocycles. The summed E-state index contributed by atoms with van der Waals surface area (Å²) >= 11 is 0. The number of quaternary nitrogens is 1. The van der Waals surface area contributed by atoms with Crippen LogP contribution in [0.1, 0.15) is 32.6 Å². The van der Waals surface area contributed by atoms with Gasteiger partial charge in [0, 0.05) is 19.6 Å². The molecule has 28 heavy (non-hydrogen) atoms. The van der Waals surface area contributed by atoms with E-state index in [1.807, 2.05) is 25.1 Å². The molecule has 2 fully saturated rings. The van der Waals surface area contributed by atoms with E-state index in [2.05, 4.69) is 25.2 Å². The molecule has 0 aromatic heterocycles. The van der Waals surface area contributed by atoms with Gasteiger partial charge in [-0.2, -0.15) is 0 Å². The van der Waals surface area contributed by atoms with Crippen LogP contribution < -0.4 is 4.48 Å². The van der Waals surface area contributed by atoms with Gasteiger partial charge in [-0.05, 0) is 38.1 Å². The summed E-state index contributed by atoms with van der Waals surface area (Å²) in [5.74, 6) is 0.289. The summed E-state index contributed by atoms with van der Waals surface area (Å²) in [6.07, 6.45) is 3.51. The van der Waals surface area contributed by atoms with E-state index in [0.29, 0.717) is 17.5 Å². The molecule has 0 N–H and O–H groups in total. The lowest BCUT2D eigenvalue weighted by molar-refractivity contribution is -0.135. The number of hydrogen-bond donors (Lipinski definition) is 0. The van der Waals surface area contributed by atoms with Gasteiger partial charge in [-0.15, -0.1) is 0 Å². The van der Waals surface area contributed by atoms with Crippen molar-refractivity contribution < 1.29 is 21.9 Å². The van der Waals surface area contributed by atoms with E-state index in [1.165, 1.54) is 0 Å². The maximum atomic E-state index is 13.3. The van der Waals surface area contributed by atoms with Gasteiger partial charge in [0.05, 0.1) is 13.0 Å². The minimum Gasteiger partial charge on any atom is -0.434 e. The predicted octanol–water partition coefficient (Wildman–Crippen LogP) is 2.18. The molecule has 1 amide bonds. The highest BCUT2D eigenvalue weighted by molar-refractivity contribution is 7.28. The Bertz CT molecular complexity index is 654. The molecule has 2 saturated heterocycles. The lowest BCUT2D eigenvalue weighted by atomic mass is 10.0. The molecule has 3 atom stereocenters. The lowest BCUT2D eigenvalue weighted by Crippen LogP contribution is -2.81. The standard InChI is InChI=1S/C18H30NO5Si4/c1-4-17(20)19(16-10-6-5-7-11-16)13-12-18(19)28(3)22-15-9-8-14-21-25-23-26-24-27(28)2/h5-7,10-11,18,25H,4,8-9,12-15H2,1-3H3/q+1. The Balaban J connectivity index is 1.92. The number of para-hydroxylation sites is 1. The summed E-state index contributed by atoms with van der Waals surface area (Å²) in [5.41, 5.74) is 1.30. The average Bonchev–Trinajstić information content (AvgIpc) is 2.68. The van der Waals surface area contributed by atoms with Crippen LogP contribution in [-0.4, -0.2) is 67.7 Å². The monoisotopic (exact) mass is 452 g/mol. The van der Waals surface area contributed by atoms with Gasteiger partial charge in [0.1, 0.15) is 11.4 Å². The third-order valence-electron chi connectivity index (χ3n) is 6.00. The number of benzene rings is 1. The van der Waals surface area contributed by atoms with Crippen molar-refractivity contribution in [3.05, 3.63) is 30.3 Å². The van der Waals surface area contributed by atoms with Crippen LogP contribution in [0.3, 0.4) is 0 Å². The zero-order chi connectivity index (χ0) is 20.0. The van der Waals surface area contributed by atoms with Crippen LogP contribution in [0.15, 0.2) is 30.3 Å².